The molecule has 8 heteroatoms. The number of aromatic nitrogens is 3. The van der Waals surface area contributed by atoms with Crippen LogP contribution in [0.5, 0.6) is 0 Å². The van der Waals surface area contributed by atoms with Crippen molar-refractivity contribution in [3.05, 3.63) is 28.4 Å². The fourth-order valence-electron chi connectivity index (χ4n) is 2.77. The Morgan fingerprint density at radius 3 is 2.71 bits per heavy atom. The molecule has 0 radical (unpaired) electrons. The van der Waals surface area contributed by atoms with Gasteiger partial charge in [0.1, 0.15) is 6.04 Å². The van der Waals surface area contributed by atoms with E-state index in [9.17, 15) is 4.79 Å². The molecule has 0 saturated carbocycles. The van der Waals surface area contributed by atoms with Gasteiger partial charge in [0.15, 0.2) is 5.82 Å². The van der Waals surface area contributed by atoms with E-state index >= 15 is 0 Å². The zero-order valence-electron chi connectivity index (χ0n) is 14.1. The number of amides is 1. The monoisotopic (exact) mass is 350 g/mol. The van der Waals surface area contributed by atoms with Gasteiger partial charge in [-0.2, -0.15) is 9.36 Å². The molecule has 130 valence electrons. The Kier molecular flexibility index (Phi) is 5.25. The maximum atomic E-state index is 12.6. The summed E-state index contributed by atoms with van der Waals surface area (Å²) in [6.45, 7) is 7.22. The molecule has 0 aromatic carbocycles. The third kappa shape index (κ3) is 3.64. The lowest BCUT2D eigenvalue weighted by Crippen LogP contribution is -2.36. The third-order valence-electron chi connectivity index (χ3n) is 4.26. The second-order valence-corrected chi connectivity index (χ2v) is 6.99. The number of nitrogens with zero attached hydrogens (tertiary/aromatic N) is 3. The molecule has 7 nitrogen and oxygen atoms in total. The lowest BCUT2D eigenvalue weighted by Gasteiger charge is -2.28. The Hall–Kier alpha value is -1.80. The largest absolute Gasteiger partial charge is 0.381 e. The molecule has 2 aromatic heterocycles. The van der Waals surface area contributed by atoms with Gasteiger partial charge in [-0.25, -0.2) is 0 Å². The zero-order valence-corrected chi connectivity index (χ0v) is 14.9. The van der Waals surface area contributed by atoms with Crippen LogP contribution in [0.4, 0.5) is 0 Å². The van der Waals surface area contributed by atoms with Crippen molar-refractivity contribution >= 4 is 17.4 Å². The van der Waals surface area contributed by atoms with Crippen LogP contribution in [0.3, 0.4) is 0 Å². The molecule has 0 unspecified atom stereocenters. The molecule has 1 N–H and O–H groups in total. The van der Waals surface area contributed by atoms with Gasteiger partial charge < -0.3 is 14.6 Å². The number of hydrogen-bond donors (Lipinski definition) is 1. The number of rotatable bonds is 5. The Balaban J connectivity index is 1.83. The first-order valence-corrected chi connectivity index (χ1v) is 9.03. The first-order chi connectivity index (χ1) is 11.6. The highest BCUT2D eigenvalue weighted by atomic mass is 32.1. The molecule has 0 bridgehead atoms. The van der Waals surface area contributed by atoms with Crippen LogP contribution < -0.4 is 5.32 Å². The summed E-state index contributed by atoms with van der Waals surface area (Å²) in [7, 11) is 0. The molecule has 1 fully saturated rings. The summed E-state index contributed by atoms with van der Waals surface area (Å²) >= 11 is 1.28. The minimum absolute atomic E-state index is 0.151. The molecule has 2 aromatic rings. The van der Waals surface area contributed by atoms with Crippen LogP contribution in [-0.4, -0.2) is 33.6 Å². The summed E-state index contributed by atoms with van der Waals surface area (Å²) in [4.78, 5) is 17.1. The number of nitrogens with one attached hydrogen (secondary N) is 1. The number of carbonyl (C=O) groups is 1. The molecule has 1 amide bonds. The molecule has 1 saturated heterocycles. The van der Waals surface area contributed by atoms with Crippen LogP contribution in [0, 0.1) is 12.8 Å². The van der Waals surface area contributed by atoms with Gasteiger partial charge in [-0.1, -0.05) is 19.0 Å². The fraction of sp³-hybridized carbons (Fsp3) is 0.625. The minimum Gasteiger partial charge on any atom is -0.381 e. The maximum absolute atomic E-state index is 12.6. The van der Waals surface area contributed by atoms with E-state index in [1.165, 1.54) is 11.5 Å². The first kappa shape index (κ1) is 17.0. The topological polar surface area (TPSA) is 90.1 Å². The molecule has 0 spiro atoms. The highest BCUT2D eigenvalue weighted by Gasteiger charge is 2.32. The first-order valence-electron chi connectivity index (χ1n) is 8.19. The summed E-state index contributed by atoms with van der Waals surface area (Å²) < 4.78 is 15.1. The summed E-state index contributed by atoms with van der Waals surface area (Å²) in [6.07, 6.45) is 1.70. The van der Waals surface area contributed by atoms with Gasteiger partial charge in [-0.3, -0.25) is 4.79 Å². The Bertz CT molecular complexity index is 691. The zero-order chi connectivity index (χ0) is 17.1. The van der Waals surface area contributed by atoms with Crippen LogP contribution in [0.2, 0.25) is 0 Å². The summed E-state index contributed by atoms with van der Waals surface area (Å²) in [5.74, 6) is 1.37. The van der Waals surface area contributed by atoms with Gasteiger partial charge in [0.25, 0.3) is 5.91 Å². The predicted octanol–water partition coefficient (Wildman–Crippen LogP) is 2.86. The van der Waals surface area contributed by atoms with Crippen LogP contribution in [-0.2, 0) is 4.74 Å². The molecule has 24 heavy (non-hydrogen) atoms. The van der Waals surface area contributed by atoms with Crippen molar-refractivity contribution in [2.24, 2.45) is 5.92 Å². The van der Waals surface area contributed by atoms with Crippen LogP contribution >= 0.6 is 11.5 Å². The molecule has 3 heterocycles. The standard InChI is InChI=1S/C16H22N4O3S/c1-9(2)14-18-16(23-19-14)13(11-4-6-22-7-5-11)17-15(21)12-8-24-20-10(12)3/h8-9,11,13H,4-7H2,1-3H3,(H,17,21)/t13-/m0/s1. The van der Waals surface area contributed by atoms with Crippen molar-refractivity contribution in [2.75, 3.05) is 13.2 Å². The number of hydrogen-bond acceptors (Lipinski definition) is 7. The Morgan fingerprint density at radius 1 is 1.38 bits per heavy atom. The number of aryl methyl sites for hydroxylation is 1. The van der Waals surface area contributed by atoms with E-state index in [1.54, 1.807) is 5.38 Å². The van der Waals surface area contributed by atoms with Crippen molar-refractivity contribution in [3.8, 4) is 0 Å². The van der Waals surface area contributed by atoms with Gasteiger partial charge in [0.05, 0.1) is 11.3 Å². The summed E-state index contributed by atoms with van der Waals surface area (Å²) in [5.41, 5.74) is 1.33. The van der Waals surface area contributed by atoms with Gasteiger partial charge in [0, 0.05) is 24.5 Å². The number of carbonyl (C=O) groups excluding carboxylic acids is 1. The van der Waals surface area contributed by atoms with Crippen LogP contribution in [0.15, 0.2) is 9.90 Å². The summed E-state index contributed by atoms with van der Waals surface area (Å²) in [6, 6.07) is -0.305. The van der Waals surface area contributed by atoms with Gasteiger partial charge >= 0.3 is 0 Å². The van der Waals surface area contributed by atoms with Crippen molar-refractivity contribution in [3.63, 3.8) is 0 Å². The second kappa shape index (κ2) is 7.40. The smallest absolute Gasteiger partial charge is 0.254 e. The van der Waals surface area contributed by atoms with Gasteiger partial charge in [-0.15, -0.1) is 0 Å². The van der Waals surface area contributed by atoms with E-state index in [2.05, 4.69) is 19.8 Å². The fourth-order valence-corrected chi connectivity index (χ4v) is 3.46. The second-order valence-electron chi connectivity index (χ2n) is 6.36. The molecular formula is C16H22N4O3S. The molecular weight excluding hydrogens is 328 g/mol. The predicted molar refractivity (Wildman–Crippen MR) is 89.0 cm³/mol. The van der Waals surface area contributed by atoms with E-state index in [0.29, 0.717) is 30.5 Å². The maximum Gasteiger partial charge on any atom is 0.254 e. The van der Waals surface area contributed by atoms with E-state index in [1.807, 2.05) is 20.8 Å². The van der Waals surface area contributed by atoms with Crippen LogP contribution in [0.25, 0.3) is 0 Å². The van der Waals surface area contributed by atoms with E-state index < -0.39 is 0 Å². The van der Waals surface area contributed by atoms with E-state index in [4.69, 9.17) is 9.26 Å². The van der Waals surface area contributed by atoms with Crippen molar-refractivity contribution in [1.82, 2.24) is 19.8 Å². The lowest BCUT2D eigenvalue weighted by atomic mass is 9.91. The molecule has 0 aliphatic carbocycles. The Labute approximate surface area is 145 Å². The van der Waals surface area contributed by atoms with Crippen LogP contribution in [0.1, 0.15) is 66.4 Å². The minimum atomic E-state index is -0.305. The average Bonchev–Trinajstić information content (AvgIpc) is 3.22. The lowest BCUT2D eigenvalue weighted by molar-refractivity contribution is 0.0467. The van der Waals surface area contributed by atoms with E-state index in [-0.39, 0.29) is 23.8 Å². The van der Waals surface area contributed by atoms with Gasteiger partial charge in [-0.05, 0) is 37.2 Å². The quantitative estimate of drug-likeness (QED) is 0.892. The van der Waals surface area contributed by atoms with E-state index in [0.717, 1.165) is 18.5 Å². The SMILES string of the molecule is Cc1nscc1C(=O)N[C@H](c1nc(C(C)C)no1)C1CCOCC1. The molecule has 1 atom stereocenters. The molecule has 1 aliphatic heterocycles. The number of ether oxygens (including phenoxy) is 1. The third-order valence-corrected chi connectivity index (χ3v) is 4.98. The highest BCUT2D eigenvalue weighted by Crippen LogP contribution is 2.30. The normalized spacial score (nSPS) is 17.2. The Morgan fingerprint density at radius 2 is 2.12 bits per heavy atom. The van der Waals surface area contributed by atoms with Crippen molar-refractivity contribution in [1.29, 1.82) is 0 Å². The summed E-state index contributed by atoms with van der Waals surface area (Å²) in [5, 5.41) is 8.88. The van der Waals surface area contributed by atoms with Crippen molar-refractivity contribution < 1.29 is 14.1 Å². The highest BCUT2D eigenvalue weighted by molar-refractivity contribution is 7.03. The van der Waals surface area contributed by atoms with Crippen molar-refractivity contribution in [2.45, 2.75) is 45.6 Å². The average molecular weight is 350 g/mol. The molecule has 1 aliphatic rings. The molecule has 3 rings (SSSR count). The van der Waals surface area contributed by atoms with Gasteiger partial charge in [0.2, 0.25) is 5.89 Å².